The Morgan fingerprint density at radius 2 is 1.86 bits per heavy atom. The molecule has 0 bridgehead atoms. The first-order valence-corrected chi connectivity index (χ1v) is 11.8. The van der Waals surface area contributed by atoms with E-state index >= 15 is 4.39 Å². The van der Waals surface area contributed by atoms with Crippen LogP contribution in [0.25, 0.3) is 0 Å². The topological polar surface area (TPSA) is 101 Å². The molecule has 0 saturated carbocycles. The van der Waals surface area contributed by atoms with Gasteiger partial charge >= 0.3 is 11.1 Å². The van der Waals surface area contributed by atoms with Crippen molar-refractivity contribution in [3.05, 3.63) is 70.8 Å². The number of hydrogen-bond donors (Lipinski definition) is 0. The molecule has 5 rings (SSSR count). The molecule has 3 aromatic rings. The quantitative estimate of drug-likeness (QED) is 0.356. The highest BCUT2D eigenvalue weighted by Crippen LogP contribution is 2.33. The van der Waals surface area contributed by atoms with Crippen molar-refractivity contribution in [1.82, 2.24) is 4.98 Å². The smallest absolute Gasteiger partial charge is 0.414 e. The van der Waals surface area contributed by atoms with E-state index in [0.29, 0.717) is 43.3 Å². The normalized spacial score (nSPS) is 18.0. The van der Waals surface area contributed by atoms with Gasteiger partial charge in [-0.1, -0.05) is 0 Å². The van der Waals surface area contributed by atoms with Crippen LogP contribution in [0.15, 0.2) is 54.9 Å². The lowest BCUT2D eigenvalue weighted by Crippen LogP contribution is -2.46. The van der Waals surface area contributed by atoms with Crippen molar-refractivity contribution in [3.8, 4) is 5.75 Å². The molecular weight excluding hydrogens is 477 g/mol. The van der Waals surface area contributed by atoms with Crippen molar-refractivity contribution in [2.24, 2.45) is 0 Å². The molecule has 35 heavy (non-hydrogen) atoms. The summed E-state index contributed by atoms with van der Waals surface area (Å²) in [7, 11) is 0. The molecule has 4 heterocycles. The maximum Gasteiger partial charge on any atom is 0.414 e. The monoisotopic (exact) mass is 499 g/mol. The Kier molecular flexibility index (Phi) is 6.36. The third-order valence-corrected chi connectivity index (χ3v) is 6.99. The van der Waals surface area contributed by atoms with Gasteiger partial charge in [-0.15, -0.1) is 0 Å². The highest BCUT2D eigenvalue weighted by Gasteiger charge is 2.33. The van der Waals surface area contributed by atoms with Gasteiger partial charge in [0.1, 0.15) is 18.2 Å². The highest BCUT2D eigenvalue weighted by molar-refractivity contribution is 7.19. The van der Waals surface area contributed by atoms with Gasteiger partial charge in [-0.05, 0) is 47.7 Å². The van der Waals surface area contributed by atoms with Crippen LogP contribution in [-0.4, -0.2) is 61.4 Å². The van der Waals surface area contributed by atoms with E-state index < -0.39 is 22.9 Å². The Balaban J connectivity index is 1.19. The number of rotatable bonds is 7. The van der Waals surface area contributed by atoms with Crippen LogP contribution in [0.1, 0.15) is 0 Å². The van der Waals surface area contributed by atoms with E-state index in [0.717, 1.165) is 16.3 Å². The number of ether oxygens (including phenoxy) is 2. The van der Waals surface area contributed by atoms with Crippen LogP contribution in [0.5, 0.6) is 5.75 Å². The van der Waals surface area contributed by atoms with Gasteiger partial charge in [0.2, 0.25) is 0 Å². The predicted octanol–water partition coefficient (Wildman–Crippen LogP) is 3.92. The largest absolute Gasteiger partial charge is 0.490 e. The van der Waals surface area contributed by atoms with Gasteiger partial charge < -0.3 is 19.3 Å². The van der Waals surface area contributed by atoms with Crippen LogP contribution in [0.2, 0.25) is 0 Å². The lowest BCUT2D eigenvalue weighted by molar-refractivity contribution is -0.380. The number of anilines is 3. The molecule has 12 heteroatoms. The van der Waals surface area contributed by atoms with E-state index in [1.165, 1.54) is 17.0 Å². The van der Waals surface area contributed by atoms with Gasteiger partial charge in [-0.2, -0.15) is 0 Å². The SMILES string of the molecule is O=C1O[C@@H](COc2ccncc2)CN1c1ccc(N2CCN(c3ccc([N+](=O)[O-])s3)CC2)c(F)c1. The second-order valence-electron chi connectivity index (χ2n) is 8.09. The molecule has 2 aromatic heterocycles. The van der Waals surface area contributed by atoms with E-state index in [9.17, 15) is 14.9 Å². The zero-order valence-electron chi connectivity index (χ0n) is 18.6. The number of hydrogen-bond acceptors (Lipinski definition) is 9. The standard InChI is InChI=1S/C23H22FN5O5S/c24-19-13-16(28-14-18(34-23(28)30)15-33-17-5-7-25-8-6-17)1-2-20(19)26-9-11-27(12-10-26)21-3-4-22(35-21)29(31)32/h1-8,13,18H,9-12,14-15H2/t18-/m1/s1. The fourth-order valence-corrected chi connectivity index (χ4v) is 4.99. The van der Waals surface area contributed by atoms with Crippen molar-refractivity contribution < 1.29 is 23.6 Å². The second kappa shape index (κ2) is 9.74. The first kappa shape index (κ1) is 22.8. The summed E-state index contributed by atoms with van der Waals surface area (Å²) in [6.45, 7) is 2.83. The fourth-order valence-electron chi connectivity index (χ4n) is 4.12. The number of carbonyl (C=O) groups is 1. The van der Waals surface area contributed by atoms with E-state index in [-0.39, 0.29) is 18.2 Å². The number of nitrogens with zero attached hydrogens (tertiary/aromatic N) is 5. The molecular formula is C23H22FN5O5S. The zero-order valence-corrected chi connectivity index (χ0v) is 19.4. The maximum absolute atomic E-state index is 15.1. The number of aromatic nitrogens is 1. The minimum atomic E-state index is -0.542. The summed E-state index contributed by atoms with van der Waals surface area (Å²) in [5.41, 5.74) is 0.878. The van der Waals surface area contributed by atoms with Gasteiger partial charge in [0.05, 0.1) is 27.8 Å². The molecule has 0 radical (unpaired) electrons. The summed E-state index contributed by atoms with van der Waals surface area (Å²) in [5.74, 6) is 0.203. The van der Waals surface area contributed by atoms with E-state index in [1.54, 1.807) is 42.7 Å². The number of halogens is 1. The molecule has 2 aliphatic heterocycles. The van der Waals surface area contributed by atoms with E-state index in [4.69, 9.17) is 9.47 Å². The molecule has 10 nitrogen and oxygen atoms in total. The summed E-state index contributed by atoms with van der Waals surface area (Å²) in [4.78, 5) is 32.2. The van der Waals surface area contributed by atoms with Crippen molar-refractivity contribution in [2.45, 2.75) is 6.10 Å². The third-order valence-electron chi connectivity index (χ3n) is 5.89. The molecule has 2 aliphatic rings. The van der Waals surface area contributed by atoms with Gasteiger partial charge in [0.25, 0.3) is 0 Å². The van der Waals surface area contributed by atoms with Crippen molar-refractivity contribution in [2.75, 3.05) is 54.0 Å². The molecule has 0 unspecified atom stereocenters. The summed E-state index contributed by atoms with van der Waals surface area (Å²) in [5, 5.41) is 11.9. The molecule has 2 fully saturated rings. The van der Waals surface area contributed by atoms with Gasteiger partial charge in [0.15, 0.2) is 6.10 Å². The van der Waals surface area contributed by atoms with Crippen LogP contribution in [0.4, 0.5) is 30.6 Å². The fraction of sp³-hybridized carbons (Fsp3) is 0.304. The van der Waals surface area contributed by atoms with Crippen molar-refractivity contribution in [3.63, 3.8) is 0 Å². The number of thiophene rings is 1. The zero-order chi connectivity index (χ0) is 24.4. The number of nitro groups is 1. The Bertz CT molecular complexity index is 1220. The van der Waals surface area contributed by atoms with Crippen LogP contribution in [-0.2, 0) is 4.74 Å². The Morgan fingerprint density at radius 1 is 1.11 bits per heavy atom. The first-order chi connectivity index (χ1) is 17.0. The molecule has 0 aliphatic carbocycles. The molecule has 1 atom stereocenters. The van der Waals surface area contributed by atoms with Gasteiger partial charge in [-0.3, -0.25) is 20.0 Å². The minimum Gasteiger partial charge on any atom is -0.490 e. The van der Waals surface area contributed by atoms with Crippen molar-refractivity contribution in [1.29, 1.82) is 0 Å². The summed E-state index contributed by atoms with van der Waals surface area (Å²) >= 11 is 1.14. The molecule has 0 N–H and O–H groups in total. The lowest BCUT2D eigenvalue weighted by Gasteiger charge is -2.36. The van der Waals surface area contributed by atoms with Gasteiger partial charge in [0, 0.05) is 44.6 Å². The molecule has 2 saturated heterocycles. The third kappa shape index (κ3) is 4.97. The minimum absolute atomic E-state index is 0.107. The Morgan fingerprint density at radius 3 is 2.54 bits per heavy atom. The predicted molar refractivity (Wildman–Crippen MR) is 129 cm³/mol. The van der Waals surface area contributed by atoms with Crippen LogP contribution in [0, 0.1) is 15.9 Å². The van der Waals surface area contributed by atoms with Gasteiger partial charge in [-0.25, -0.2) is 9.18 Å². The van der Waals surface area contributed by atoms with Crippen molar-refractivity contribution >= 4 is 38.8 Å². The molecule has 1 amide bonds. The molecule has 0 spiro atoms. The second-order valence-corrected chi connectivity index (χ2v) is 9.13. The molecule has 1 aromatic carbocycles. The van der Waals surface area contributed by atoms with Crippen LogP contribution < -0.4 is 19.4 Å². The van der Waals surface area contributed by atoms with Crippen LogP contribution >= 0.6 is 11.3 Å². The van der Waals surface area contributed by atoms with E-state index in [2.05, 4.69) is 9.88 Å². The van der Waals surface area contributed by atoms with Crippen LogP contribution in [0.3, 0.4) is 0 Å². The number of amides is 1. The maximum atomic E-state index is 15.1. The lowest BCUT2D eigenvalue weighted by atomic mass is 10.2. The number of carbonyl (C=O) groups excluding carboxylic acids is 1. The number of benzene rings is 1. The Hall–Kier alpha value is -3.93. The number of pyridine rings is 1. The summed E-state index contributed by atoms with van der Waals surface area (Å²) in [6.07, 6.45) is 2.21. The average Bonchev–Trinajstić information content (AvgIpc) is 3.51. The number of cyclic esters (lactones) is 1. The average molecular weight is 500 g/mol. The summed E-state index contributed by atoms with van der Waals surface area (Å²) in [6, 6.07) is 11.4. The first-order valence-electron chi connectivity index (χ1n) is 11.0. The highest BCUT2D eigenvalue weighted by atomic mass is 32.1. The van der Waals surface area contributed by atoms with E-state index in [1.807, 2.05) is 4.90 Å². The summed E-state index contributed by atoms with van der Waals surface area (Å²) < 4.78 is 26.1. The number of piperazine rings is 1. The Labute approximate surface area is 204 Å². The molecule has 182 valence electrons.